The maximum Gasteiger partial charge on any atom is 0.230 e. The van der Waals surface area contributed by atoms with Crippen LogP contribution in [0.3, 0.4) is 0 Å². The first-order valence-corrected chi connectivity index (χ1v) is 8.51. The lowest BCUT2D eigenvalue weighted by atomic mass is 10.3. The van der Waals surface area contributed by atoms with Gasteiger partial charge in [-0.1, -0.05) is 18.2 Å². The number of thiazole rings is 1. The van der Waals surface area contributed by atoms with E-state index in [0.29, 0.717) is 20.4 Å². The fourth-order valence-corrected chi connectivity index (χ4v) is 3.24. The Morgan fingerprint density at radius 2 is 1.96 bits per heavy atom. The molecule has 3 rings (SSSR count). The molecule has 1 amide bonds. The molecular formula is C14H12N6OS3. The van der Waals surface area contributed by atoms with E-state index in [0.717, 1.165) is 5.69 Å². The highest BCUT2D eigenvalue weighted by molar-refractivity contribution is 7.72. The van der Waals surface area contributed by atoms with Crippen molar-refractivity contribution in [3.05, 3.63) is 50.9 Å². The summed E-state index contributed by atoms with van der Waals surface area (Å²) >= 11 is 11.5. The molecule has 0 aliphatic carbocycles. The molecule has 1 aromatic carbocycles. The largest absolute Gasteiger partial charge is 0.274 e. The van der Waals surface area contributed by atoms with Gasteiger partial charge in [0.1, 0.15) is 0 Å². The molecule has 0 bridgehead atoms. The summed E-state index contributed by atoms with van der Waals surface area (Å²) in [6, 6.07) is 9.35. The molecule has 0 radical (unpaired) electrons. The Kier molecular flexibility index (Phi) is 4.79. The molecule has 0 atom stereocenters. The Balaban J connectivity index is 1.91. The van der Waals surface area contributed by atoms with Crippen LogP contribution in [0.4, 0.5) is 10.8 Å². The van der Waals surface area contributed by atoms with Crippen molar-refractivity contribution in [1.82, 2.24) is 19.9 Å². The summed E-state index contributed by atoms with van der Waals surface area (Å²) in [6.07, 6.45) is 1.54. The highest BCUT2D eigenvalue weighted by atomic mass is 32.1. The molecule has 2 N–H and O–H groups in total. The number of carbonyl (C=O) groups is 1. The molecule has 0 aliphatic rings. The highest BCUT2D eigenvalue weighted by Crippen LogP contribution is 2.28. The standard InChI is InChI=1S/C14H12N6OS3/c1-9(21)19(11-5-3-2-4-6-11)14-16-10(8-24-14)7-15-20-12(22)17-18-13(20)23/h2-8H,1H3,(H,17,22)(H,18,23)/b15-7-. The van der Waals surface area contributed by atoms with Gasteiger partial charge in [0, 0.05) is 12.3 Å². The number of amides is 1. The number of benzene rings is 1. The van der Waals surface area contributed by atoms with Crippen LogP contribution in [-0.4, -0.2) is 32.0 Å². The van der Waals surface area contributed by atoms with Crippen LogP contribution in [0.5, 0.6) is 0 Å². The normalized spacial score (nSPS) is 11.0. The number of rotatable bonds is 4. The van der Waals surface area contributed by atoms with Crippen LogP contribution in [0.1, 0.15) is 12.6 Å². The maximum absolute atomic E-state index is 12.0. The molecule has 10 heteroatoms. The minimum atomic E-state index is -0.116. The first-order chi connectivity index (χ1) is 11.6. The third-order valence-electron chi connectivity index (χ3n) is 3.00. The number of hydrogen-bond acceptors (Lipinski definition) is 6. The van der Waals surface area contributed by atoms with E-state index in [9.17, 15) is 4.79 Å². The number of aromatic amines is 2. The molecule has 122 valence electrons. The predicted molar refractivity (Wildman–Crippen MR) is 99.2 cm³/mol. The number of H-pyrrole nitrogens is 2. The number of anilines is 2. The van der Waals surface area contributed by atoms with Crippen molar-refractivity contribution >= 4 is 58.7 Å². The molecule has 0 saturated heterocycles. The molecule has 0 unspecified atom stereocenters. The summed E-state index contributed by atoms with van der Waals surface area (Å²) < 4.78 is 2.10. The van der Waals surface area contributed by atoms with Crippen LogP contribution >= 0.6 is 35.8 Å². The summed E-state index contributed by atoms with van der Waals surface area (Å²) in [5.74, 6) is -0.116. The molecular weight excluding hydrogens is 364 g/mol. The monoisotopic (exact) mass is 376 g/mol. The van der Waals surface area contributed by atoms with Gasteiger partial charge in [-0.3, -0.25) is 19.9 Å². The second-order valence-electron chi connectivity index (χ2n) is 4.66. The molecule has 0 saturated carbocycles. The number of nitrogens with zero attached hydrogens (tertiary/aromatic N) is 4. The van der Waals surface area contributed by atoms with E-state index < -0.39 is 0 Å². The maximum atomic E-state index is 12.0. The van der Waals surface area contributed by atoms with Crippen LogP contribution in [0.2, 0.25) is 0 Å². The van der Waals surface area contributed by atoms with E-state index in [-0.39, 0.29) is 5.91 Å². The fraction of sp³-hybridized carbons (Fsp3) is 0.0714. The summed E-state index contributed by atoms with van der Waals surface area (Å²) in [4.78, 5) is 18.0. The number of carbonyl (C=O) groups excluding carboxylic acids is 1. The van der Waals surface area contributed by atoms with E-state index in [4.69, 9.17) is 24.4 Å². The van der Waals surface area contributed by atoms with Crippen LogP contribution < -0.4 is 4.90 Å². The topological polar surface area (TPSA) is 82.1 Å². The Bertz CT molecular complexity index is 970. The van der Waals surface area contributed by atoms with Crippen molar-refractivity contribution < 1.29 is 4.79 Å². The SMILES string of the molecule is CC(=O)N(c1ccccc1)c1nc(/C=N\n2c(=S)[nH][nH]c2=S)cs1. The lowest BCUT2D eigenvalue weighted by molar-refractivity contribution is -0.115. The summed E-state index contributed by atoms with van der Waals surface area (Å²) in [7, 11) is 0. The van der Waals surface area contributed by atoms with Crippen molar-refractivity contribution in [3.63, 3.8) is 0 Å². The first kappa shape index (κ1) is 16.4. The summed E-state index contributed by atoms with van der Waals surface area (Å²) in [5.41, 5.74) is 1.37. The molecule has 0 spiro atoms. The van der Waals surface area contributed by atoms with Gasteiger partial charge in [-0.2, -0.15) is 9.78 Å². The lowest BCUT2D eigenvalue weighted by Crippen LogP contribution is -2.22. The van der Waals surface area contributed by atoms with E-state index in [2.05, 4.69) is 20.3 Å². The van der Waals surface area contributed by atoms with Gasteiger partial charge in [-0.15, -0.1) is 11.3 Å². The van der Waals surface area contributed by atoms with Crippen molar-refractivity contribution in [2.75, 3.05) is 4.90 Å². The second kappa shape index (κ2) is 6.99. The zero-order chi connectivity index (χ0) is 17.1. The van der Waals surface area contributed by atoms with E-state index in [1.165, 1.54) is 29.2 Å². The minimum Gasteiger partial charge on any atom is -0.274 e. The van der Waals surface area contributed by atoms with Gasteiger partial charge in [0.05, 0.1) is 17.6 Å². The lowest BCUT2D eigenvalue weighted by Gasteiger charge is -2.17. The third kappa shape index (κ3) is 3.40. The van der Waals surface area contributed by atoms with E-state index in [1.54, 1.807) is 10.3 Å². The Morgan fingerprint density at radius 1 is 1.29 bits per heavy atom. The molecule has 0 aliphatic heterocycles. The summed E-state index contributed by atoms with van der Waals surface area (Å²) in [5, 5.41) is 12.0. The van der Waals surface area contributed by atoms with Crippen LogP contribution in [0, 0.1) is 9.54 Å². The van der Waals surface area contributed by atoms with Gasteiger partial charge in [0.25, 0.3) is 0 Å². The molecule has 24 heavy (non-hydrogen) atoms. The van der Waals surface area contributed by atoms with Gasteiger partial charge >= 0.3 is 0 Å². The smallest absolute Gasteiger partial charge is 0.230 e. The van der Waals surface area contributed by atoms with Crippen LogP contribution in [-0.2, 0) is 4.79 Å². The van der Waals surface area contributed by atoms with Crippen LogP contribution in [0.25, 0.3) is 0 Å². The molecule has 0 fully saturated rings. The molecule has 3 aromatic rings. The number of aromatic nitrogens is 4. The Morgan fingerprint density at radius 3 is 2.58 bits per heavy atom. The minimum absolute atomic E-state index is 0.116. The van der Waals surface area contributed by atoms with E-state index >= 15 is 0 Å². The zero-order valence-electron chi connectivity index (χ0n) is 12.5. The van der Waals surface area contributed by atoms with Gasteiger partial charge in [-0.25, -0.2) is 4.98 Å². The van der Waals surface area contributed by atoms with Crippen molar-refractivity contribution in [3.8, 4) is 0 Å². The Hall–Kier alpha value is -2.43. The number of nitrogens with one attached hydrogen (secondary N) is 2. The first-order valence-electron chi connectivity index (χ1n) is 6.81. The zero-order valence-corrected chi connectivity index (χ0v) is 14.9. The third-order valence-corrected chi connectivity index (χ3v) is 4.39. The molecule has 2 heterocycles. The quantitative estimate of drug-likeness (QED) is 0.538. The highest BCUT2D eigenvalue weighted by Gasteiger charge is 2.17. The number of para-hydroxylation sites is 1. The Labute approximate surface area is 151 Å². The second-order valence-corrected chi connectivity index (χ2v) is 6.27. The van der Waals surface area contributed by atoms with Gasteiger partial charge in [0.15, 0.2) is 5.13 Å². The van der Waals surface area contributed by atoms with Gasteiger partial charge < -0.3 is 0 Å². The van der Waals surface area contributed by atoms with Crippen LogP contribution in [0.15, 0.2) is 40.8 Å². The van der Waals surface area contributed by atoms with Crippen molar-refractivity contribution in [2.45, 2.75) is 6.92 Å². The summed E-state index contributed by atoms with van der Waals surface area (Å²) in [6.45, 7) is 1.50. The predicted octanol–water partition coefficient (Wildman–Crippen LogP) is 3.63. The number of hydrogen-bond donors (Lipinski definition) is 2. The van der Waals surface area contributed by atoms with E-state index in [1.807, 2.05) is 30.3 Å². The van der Waals surface area contributed by atoms with Crippen molar-refractivity contribution in [1.29, 1.82) is 0 Å². The molecule has 7 nitrogen and oxygen atoms in total. The van der Waals surface area contributed by atoms with Gasteiger partial charge in [-0.05, 0) is 36.6 Å². The fourth-order valence-electron chi connectivity index (χ4n) is 1.97. The van der Waals surface area contributed by atoms with Crippen molar-refractivity contribution in [2.24, 2.45) is 5.10 Å². The average molecular weight is 376 g/mol. The average Bonchev–Trinajstić information content (AvgIpc) is 3.14. The molecule has 2 aromatic heterocycles. The van der Waals surface area contributed by atoms with Gasteiger partial charge in [0.2, 0.25) is 15.4 Å².